The van der Waals surface area contributed by atoms with Gasteiger partial charge in [-0.25, -0.2) is 18.5 Å². The second-order valence-electron chi connectivity index (χ2n) is 10.5. The average molecular weight is 696 g/mol. The summed E-state index contributed by atoms with van der Waals surface area (Å²) >= 11 is 3.26. The van der Waals surface area contributed by atoms with E-state index in [9.17, 15) is 23.7 Å². The molecule has 0 bridgehead atoms. The number of nitrogens with zero attached hydrogens (tertiary/aromatic N) is 4. The van der Waals surface area contributed by atoms with Gasteiger partial charge in [-0.15, -0.1) is 4.40 Å². The van der Waals surface area contributed by atoms with Crippen LogP contribution in [-0.4, -0.2) is 86.5 Å². The lowest BCUT2D eigenvalue weighted by molar-refractivity contribution is -0.126. The number of thiol groups is 1. The molecule has 12 nitrogen and oxygen atoms in total. The van der Waals surface area contributed by atoms with E-state index in [1.165, 1.54) is 23.1 Å². The Hall–Kier alpha value is -4.50. The number of nitrogens with one attached hydrogen (secondary N) is 2. The SMILES string of the molecule is O=C(N=C=C=CC=C=C=N[SH]1(=O)CN1)[C@@H](Cc1ccc(O)c(Br)c1)OC(=O)N1CCC(N2CCc3ccccc3NC2=O)CC1. The highest BCUT2D eigenvalue weighted by Crippen LogP contribution is 2.27. The number of phenolic OH excluding ortho intramolecular Hbond substituents is 1. The van der Waals surface area contributed by atoms with Crippen LogP contribution in [0.2, 0.25) is 0 Å². The van der Waals surface area contributed by atoms with Gasteiger partial charge >= 0.3 is 12.1 Å². The number of carbonyl (C=O) groups is 3. The number of urea groups is 1. The molecule has 3 aliphatic rings. The maximum absolute atomic E-state index is 13.2. The fraction of sp³-hybridized carbons (Fsp3) is 0.323. The van der Waals surface area contributed by atoms with Gasteiger partial charge in [0.05, 0.1) is 10.3 Å². The van der Waals surface area contributed by atoms with Crippen molar-refractivity contribution in [2.75, 3.05) is 30.8 Å². The lowest BCUT2D eigenvalue weighted by Crippen LogP contribution is -2.50. The van der Waals surface area contributed by atoms with Crippen LogP contribution in [0.5, 0.6) is 5.75 Å². The molecule has 14 heteroatoms. The van der Waals surface area contributed by atoms with Crippen LogP contribution in [0.1, 0.15) is 24.0 Å². The number of likely N-dealkylation sites (tertiary alicyclic amines) is 1. The number of aromatic hydroxyl groups is 1. The summed E-state index contributed by atoms with van der Waals surface area (Å²) in [5.41, 5.74) is 7.66. The van der Waals surface area contributed by atoms with E-state index in [2.05, 4.69) is 58.6 Å². The Balaban J connectivity index is 1.22. The summed E-state index contributed by atoms with van der Waals surface area (Å²) in [7, 11) is -2.59. The van der Waals surface area contributed by atoms with E-state index in [0.717, 1.165) is 17.7 Å². The van der Waals surface area contributed by atoms with E-state index in [1.807, 2.05) is 29.2 Å². The van der Waals surface area contributed by atoms with Gasteiger partial charge in [-0.1, -0.05) is 24.3 Å². The molecule has 45 heavy (non-hydrogen) atoms. The molecule has 3 aliphatic heterocycles. The zero-order valence-electron chi connectivity index (χ0n) is 24.1. The summed E-state index contributed by atoms with van der Waals surface area (Å²) in [6, 6.07) is 12.3. The highest BCUT2D eigenvalue weighted by atomic mass is 79.9. The van der Waals surface area contributed by atoms with E-state index < -0.39 is 28.4 Å². The standard InChI is InChI=1S/C31H31BrN6O6S/c32-25-19-22(9-10-27(25)39)20-28(29(40)33-14-5-1-2-6-15-34-45(43)21-35-45)44-31(42)37-16-12-24(13-17-37)38-18-11-23-7-3-4-8-26(23)36-30(38)41/h1-4,7-10,19,24,28,39,45H,11-13,16-18,20-21H2,(H,35,43)(H,36,41)/t28-/m1/s1. The molecule has 0 saturated carbocycles. The maximum atomic E-state index is 13.2. The number of aliphatic imine (C=N–C) groups is 1. The number of benzene rings is 2. The molecular weight excluding hydrogens is 664 g/mol. The van der Waals surface area contributed by atoms with E-state index in [1.54, 1.807) is 12.1 Å². The molecule has 2 saturated heterocycles. The summed E-state index contributed by atoms with van der Waals surface area (Å²) < 4.78 is 24.0. The van der Waals surface area contributed by atoms with Gasteiger partial charge in [0.15, 0.2) is 6.10 Å². The normalized spacial score (nSPS) is 18.1. The van der Waals surface area contributed by atoms with Crippen LogP contribution in [0.25, 0.3) is 0 Å². The van der Waals surface area contributed by atoms with Crippen LogP contribution in [0.15, 0.2) is 79.9 Å². The Morgan fingerprint density at radius 1 is 1.13 bits per heavy atom. The Morgan fingerprint density at radius 2 is 1.87 bits per heavy atom. The topological polar surface area (TPSA) is 163 Å². The Bertz CT molecular complexity index is 1740. The molecule has 0 aromatic heterocycles. The zero-order chi connectivity index (χ0) is 31.8. The number of rotatable bonds is 7. The van der Waals surface area contributed by atoms with Gasteiger partial charge < -0.3 is 25.0 Å². The molecule has 2 aromatic rings. The summed E-state index contributed by atoms with van der Waals surface area (Å²) in [6.07, 6.45) is 2.70. The van der Waals surface area contributed by atoms with Gasteiger partial charge in [-0.05, 0) is 88.1 Å². The number of hydrogen-bond donors (Lipinski definition) is 4. The molecule has 234 valence electrons. The predicted octanol–water partition coefficient (Wildman–Crippen LogP) is 3.45. The molecule has 2 fully saturated rings. The largest absolute Gasteiger partial charge is 0.507 e. The molecule has 1 atom stereocenters. The molecule has 0 aliphatic carbocycles. The third-order valence-corrected chi connectivity index (χ3v) is 9.36. The first-order chi connectivity index (χ1) is 21.7. The van der Waals surface area contributed by atoms with Crippen LogP contribution >= 0.6 is 15.9 Å². The van der Waals surface area contributed by atoms with Crippen molar-refractivity contribution >= 4 is 61.7 Å². The van der Waals surface area contributed by atoms with Crippen LogP contribution in [0, 0.1) is 0 Å². The summed E-state index contributed by atoms with van der Waals surface area (Å²) in [4.78, 5) is 46.3. The molecule has 0 spiro atoms. The number of anilines is 1. The highest BCUT2D eigenvalue weighted by molar-refractivity contribution is 9.10. The smallest absolute Gasteiger partial charge is 0.410 e. The van der Waals surface area contributed by atoms with Gasteiger partial charge in [-0.2, -0.15) is 4.99 Å². The molecule has 0 unspecified atom stereocenters. The van der Waals surface area contributed by atoms with E-state index in [0.29, 0.717) is 48.4 Å². The molecule has 0 radical (unpaired) electrons. The van der Waals surface area contributed by atoms with Crippen molar-refractivity contribution in [1.82, 2.24) is 14.5 Å². The van der Waals surface area contributed by atoms with Crippen molar-refractivity contribution in [3.05, 3.63) is 81.7 Å². The van der Waals surface area contributed by atoms with Crippen LogP contribution in [0.3, 0.4) is 0 Å². The first kappa shape index (κ1) is 31.9. The number of phenols is 1. The van der Waals surface area contributed by atoms with E-state index in [-0.39, 0.29) is 24.2 Å². The lowest BCUT2D eigenvalue weighted by atomic mass is 10.0. The number of halogens is 1. The van der Waals surface area contributed by atoms with Crippen molar-refractivity contribution in [2.24, 2.45) is 9.39 Å². The molecule has 3 N–H and O–H groups in total. The summed E-state index contributed by atoms with van der Waals surface area (Å²) in [5.74, 6) is 4.43. The molecule has 5 rings (SSSR count). The van der Waals surface area contributed by atoms with Crippen molar-refractivity contribution in [1.29, 1.82) is 0 Å². The number of fused-ring (bicyclic) bond motifs is 1. The monoisotopic (exact) mass is 694 g/mol. The number of carbonyl (C=O) groups excluding carboxylic acids is 3. The minimum absolute atomic E-state index is 0.0104. The van der Waals surface area contributed by atoms with Crippen molar-refractivity contribution in [3.8, 4) is 5.75 Å². The Morgan fingerprint density at radius 3 is 2.60 bits per heavy atom. The van der Waals surface area contributed by atoms with Crippen LogP contribution < -0.4 is 10.0 Å². The van der Waals surface area contributed by atoms with Crippen LogP contribution in [0.4, 0.5) is 15.3 Å². The molecule has 2 aromatic carbocycles. The number of ether oxygens (including phenoxy) is 1. The van der Waals surface area contributed by atoms with Crippen LogP contribution in [-0.2, 0) is 32.7 Å². The van der Waals surface area contributed by atoms with Gasteiger partial charge in [0.25, 0.3) is 5.91 Å². The quantitative estimate of drug-likeness (QED) is 0.114. The van der Waals surface area contributed by atoms with Crippen molar-refractivity contribution < 1.29 is 28.4 Å². The van der Waals surface area contributed by atoms with Gasteiger partial charge in [0, 0.05) is 59.8 Å². The first-order valence-corrected chi connectivity index (χ1v) is 16.9. The highest BCUT2D eigenvalue weighted by Gasteiger charge is 2.33. The average Bonchev–Trinajstić information content (AvgIpc) is 3.80. The van der Waals surface area contributed by atoms with Gasteiger partial charge in [0.1, 0.15) is 5.75 Å². The van der Waals surface area contributed by atoms with E-state index in [4.69, 9.17) is 4.74 Å². The molecule has 4 amide bonds. The first-order valence-electron chi connectivity index (χ1n) is 14.3. The third-order valence-electron chi connectivity index (χ3n) is 7.44. The maximum Gasteiger partial charge on any atom is 0.410 e. The van der Waals surface area contributed by atoms with Crippen molar-refractivity contribution in [2.45, 2.75) is 37.8 Å². The second-order valence-corrected chi connectivity index (χ2v) is 13.6. The van der Waals surface area contributed by atoms with E-state index >= 15 is 0 Å². The number of amides is 4. The summed E-state index contributed by atoms with van der Waals surface area (Å²) in [5, 5.41) is 12.8. The molecular formula is C31H31BrN6O6S. The lowest BCUT2D eigenvalue weighted by Gasteiger charge is -2.37. The van der Waals surface area contributed by atoms with Crippen molar-refractivity contribution in [3.63, 3.8) is 0 Å². The second kappa shape index (κ2) is 14.5. The predicted molar refractivity (Wildman–Crippen MR) is 174 cm³/mol. The Kier molecular flexibility index (Phi) is 10.3. The summed E-state index contributed by atoms with van der Waals surface area (Å²) in [6.45, 7) is 1.29. The Labute approximate surface area is 269 Å². The fourth-order valence-electron chi connectivity index (χ4n) is 4.92. The minimum Gasteiger partial charge on any atom is -0.507 e. The number of allylic oxidation sites excluding steroid dienone is 2. The number of piperidine rings is 1. The molecule has 3 heterocycles. The number of para-hydroxylation sites is 1. The van der Waals surface area contributed by atoms with Gasteiger partial charge in [0.2, 0.25) is 0 Å². The number of hydrogen-bond acceptors (Lipinski definition) is 6. The zero-order valence-corrected chi connectivity index (χ0v) is 26.6. The van der Waals surface area contributed by atoms with Gasteiger partial charge in [-0.3, -0.25) is 4.79 Å². The minimum atomic E-state index is -2.59. The fourth-order valence-corrected chi connectivity index (χ4v) is 6.19. The third kappa shape index (κ3) is 8.79.